The number of hydrazone groups is 1. The first kappa shape index (κ1) is 21.6. The zero-order valence-electron chi connectivity index (χ0n) is 16.4. The SMILES string of the molecule is COc1ccc(OC)c(-n2c(O)c(C=NNC(=O)c3ccccc3O)c(=O)[nH]c2=S)c1. The van der Waals surface area contributed by atoms with Crippen molar-refractivity contribution in [2.75, 3.05) is 14.2 Å². The first-order valence-corrected chi connectivity index (χ1v) is 9.20. The summed E-state index contributed by atoms with van der Waals surface area (Å²) < 4.78 is 11.6. The number of amides is 1. The summed E-state index contributed by atoms with van der Waals surface area (Å²) in [6, 6.07) is 10.7. The first-order valence-electron chi connectivity index (χ1n) is 8.79. The molecule has 11 heteroatoms. The van der Waals surface area contributed by atoms with E-state index in [0.717, 1.165) is 6.21 Å². The number of aromatic nitrogens is 2. The number of hydrogen-bond donors (Lipinski definition) is 4. The lowest BCUT2D eigenvalue weighted by molar-refractivity contribution is 0.0952. The number of H-pyrrole nitrogens is 1. The Labute approximate surface area is 181 Å². The zero-order chi connectivity index (χ0) is 22.5. The number of phenolic OH excluding ortho intramolecular Hbond substituents is 1. The molecule has 0 aliphatic rings. The maximum Gasteiger partial charge on any atom is 0.275 e. The molecule has 0 fully saturated rings. The van der Waals surface area contributed by atoms with E-state index in [9.17, 15) is 19.8 Å². The number of benzene rings is 2. The van der Waals surface area contributed by atoms with Gasteiger partial charge in [-0.2, -0.15) is 5.10 Å². The van der Waals surface area contributed by atoms with Gasteiger partial charge in [0.2, 0.25) is 5.88 Å². The van der Waals surface area contributed by atoms with Crippen molar-refractivity contribution in [1.82, 2.24) is 15.0 Å². The number of carbonyl (C=O) groups excluding carboxylic acids is 1. The second kappa shape index (κ2) is 9.13. The number of phenols is 1. The Morgan fingerprint density at radius 3 is 2.61 bits per heavy atom. The van der Waals surface area contributed by atoms with Gasteiger partial charge >= 0.3 is 0 Å². The van der Waals surface area contributed by atoms with Crippen molar-refractivity contribution in [3.05, 3.63) is 68.7 Å². The number of aromatic hydroxyl groups is 2. The molecule has 1 amide bonds. The van der Waals surface area contributed by atoms with Crippen molar-refractivity contribution < 1.29 is 24.5 Å². The average Bonchev–Trinajstić information content (AvgIpc) is 2.75. The van der Waals surface area contributed by atoms with E-state index in [1.807, 2.05) is 0 Å². The number of ether oxygens (including phenoxy) is 2. The van der Waals surface area contributed by atoms with Crippen LogP contribution in [-0.2, 0) is 0 Å². The molecule has 0 spiro atoms. The molecule has 3 rings (SSSR count). The monoisotopic (exact) mass is 442 g/mol. The van der Waals surface area contributed by atoms with Gasteiger partial charge < -0.3 is 19.7 Å². The van der Waals surface area contributed by atoms with E-state index in [4.69, 9.17) is 21.7 Å². The molecule has 0 saturated carbocycles. The van der Waals surface area contributed by atoms with E-state index >= 15 is 0 Å². The fourth-order valence-electron chi connectivity index (χ4n) is 2.73. The molecule has 10 nitrogen and oxygen atoms in total. The van der Waals surface area contributed by atoms with E-state index in [1.165, 1.54) is 30.9 Å². The summed E-state index contributed by atoms with van der Waals surface area (Å²) in [5, 5.41) is 24.2. The number of para-hydroxylation sites is 1. The molecule has 4 N–H and O–H groups in total. The van der Waals surface area contributed by atoms with Gasteiger partial charge in [0, 0.05) is 6.07 Å². The molecular formula is C20H18N4O6S. The van der Waals surface area contributed by atoms with Gasteiger partial charge in [0.25, 0.3) is 11.5 Å². The number of aromatic amines is 1. The van der Waals surface area contributed by atoms with Crippen molar-refractivity contribution in [1.29, 1.82) is 0 Å². The van der Waals surface area contributed by atoms with Crippen LogP contribution in [0.3, 0.4) is 0 Å². The summed E-state index contributed by atoms with van der Waals surface area (Å²) in [5.41, 5.74) is 1.50. The van der Waals surface area contributed by atoms with Crippen LogP contribution in [-0.4, -0.2) is 46.1 Å². The number of nitrogens with zero attached hydrogens (tertiary/aromatic N) is 2. The highest BCUT2D eigenvalue weighted by atomic mass is 32.1. The van der Waals surface area contributed by atoms with E-state index in [2.05, 4.69) is 15.5 Å². The summed E-state index contributed by atoms with van der Waals surface area (Å²) >= 11 is 5.20. The van der Waals surface area contributed by atoms with Crippen LogP contribution in [0.2, 0.25) is 0 Å². The highest BCUT2D eigenvalue weighted by Crippen LogP contribution is 2.30. The highest BCUT2D eigenvalue weighted by molar-refractivity contribution is 7.71. The molecule has 0 radical (unpaired) electrons. The quantitative estimate of drug-likeness (QED) is 0.260. The number of methoxy groups -OCH3 is 2. The Bertz CT molecular complexity index is 1280. The molecule has 0 unspecified atom stereocenters. The van der Waals surface area contributed by atoms with Crippen molar-refractivity contribution in [3.8, 4) is 28.8 Å². The van der Waals surface area contributed by atoms with Gasteiger partial charge in [0.15, 0.2) is 4.77 Å². The minimum atomic E-state index is -0.721. The van der Waals surface area contributed by atoms with E-state index in [1.54, 1.807) is 30.3 Å². The standard InChI is InChI=1S/C20H18N4O6S/c1-29-11-7-8-16(30-2)14(9-11)24-19(28)13(17(26)22-20(24)31)10-21-23-18(27)12-5-3-4-6-15(12)25/h3-10,25,28H,1-2H3,(H,23,27)(H,22,26,31). The van der Waals surface area contributed by atoms with Gasteiger partial charge in [0.1, 0.15) is 22.8 Å². The summed E-state index contributed by atoms with van der Waals surface area (Å²) in [4.78, 5) is 26.9. The fraction of sp³-hybridized carbons (Fsp3) is 0.100. The maximum atomic E-state index is 12.3. The topological polar surface area (TPSA) is 138 Å². The molecular weight excluding hydrogens is 424 g/mol. The lowest BCUT2D eigenvalue weighted by Crippen LogP contribution is -2.21. The number of rotatable bonds is 6. The van der Waals surface area contributed by atoms with Crippen LogP contribution in [0.15, 0.2) is 52.4 Å². The zero-order valence-corrected chi connectivity index (χ0v) is 17.3. The van der Waals surface area contributed by atoms with E-state index in [0.29, 0.717) is 17.2 Å². The Morgan fingerprint density at radius 1 is 1.19 bits per heavy atom. The smallest absolute Gasteiger partial charge is 0.275 e. The van der Waals surface area contributed by atoms with Gasteiger partial charge in [-0.25, -0.2) is 5.43 Å². The normalized spacial score (nSPS) is 10.8. The molecule has 0 aliphatic carbocycles. The minimum absolute atomic E-state index is 0.00475. The van der Waals surface area contributed by atoms with Crippen molar-refractivity contribution in [2.24, 2.45) is 5.10 Å². The summed E-state index contributed by atoms with van der Waals surface area (Å²) in [5.74, 6) is -0.633. The van der Waals surface area contributed by atoms with Gasteiger partial charge in [0.05, 0.1) is 31.7 Å². The van der Waals surface area contributed by atoms with Crippen LogP contribution in [0, 0.1) is 4.77 Å². The summed E-state index contributed by atoms with van der Waals surface area (Å²) in [6.07, 6.45) is 0.962. The maximum absolute atomic E-state index is 12.3. The lowest BCUT2D eigenvalue weighted by Gasteiger charge is -2.15. The van der Waals surface area contributed by atoms with Crippen LogP contribution in [0.4, 0.5) is 0 Å². The van der Waals surface area contributed by atoms with E-state index < -0.39 is 17.3 Å². The molecule has 31 heavy (non-hydrogen) atoms. The summed E-state index contributed by atoms with van der Waals surface area (Å²) in [7, 11) is 2.91. The third-order valence-corrected chi connectivity index (χ3v) is 4.54. The third kappa shape index (κ3) is 4.41. The van der Waals surface area contributed by atoms with Crippen LogP contribution < -0.4 is 20.5 Å². The number of nitrogens with one attached hydrogen (secondary N) is 2. The Balaban J connectivity index is 2.01. The molecule has 1 aromatic heterocycles. The number of hydrogen-bond acceptors (Lipinski definition) is 8. The predicted molar refractivity (Wildman–Crippen MR) is 115 cm³/mol. The van der Waals surface area contributed by atoms with Crippen LogP contribution >= 0.6 is 12.2 Å². The highest BCUT2D eigenvalue weighted by Gasteiger charge is 2.17. The van der Waals surface area contributed by atoms with Crippen LogP contribution in [0.1, 0.15) is 15.9 Å². The summed E-state index contributed by atoms with van der Waals surface area (Å²) in [6.45, 7) is 0. The molecule has 3 aromatic rings. The van der Waals surface area contributed by atoms with Crippen molar-refractivity contribution in [2.45, 2.75) is 0 Å². The van der Waals surface area contributed by atoms with Crippen LogP contribution in [0.5, 0.6) is 23.1 Å². The third-order valence-electron chi connectivity index (χ3n) is 4.26. The Hall–Kier alpha value is -4.12. The van der Waals surface area contributed by atoms with Gasteiger partial charge in [-0.3, -0.25) is 19.1 Å². The molecule has 0 aliphatic heterocycles. The molecule has 0 atom stereocenters. The van der Waals surface area contributed by atoms with Gasteiger partial charge in [-0.1, -0.05) is 12.1 Å². The van der Waals surface area contributed by atoms with Crippen molar-refractivity contribution >= 4 is 24.3 Å². The average molecular weight is 442 g/mol. The lowest BCUT2D eigenvalue weighted by atomic mass is 10.2. The molecule has 0 bridgehead atoms. The first-order chi connectivity index (χ1) is 14.9. The molecule has 1 heterocycles. The second-order valence-electron chi connectivity index (χ2n) is 6.09. The second-order valence-corrected chi connectivity index (χ2v) is 6.47. The van der Waals surface area contributed by atoms with Gasteiger partial charge in [-0.15, -0.1) is 0 Å². The largest absolute Gasteiger partial charge is 0.507 e. The minimum Gasteiger partial charge on any atom is -0.507 e. The molecule has 0 saturated heterocycles. The van der Waals surface area contributed by atoms with Gasteiger partial charge in [-0.05, 0) is 36.5 Å². The fourth-order valence-corrected chi connectivity index (χ4v) is 3.01. The van der Waals surface area contributed by atoms with Crippen molar-refractivity contribution in [3.63, 3.8) is 0 Å². The molecule has 2 aromatic carbocycles. The Kier molecular flexibility index (Phi) is 6.36. The predicted octanol–water partition coefficient (Wildman–Crippen LogP) is 2.09. The van der Waals surface area contributed by atoms with Crippen LogP contribution in [0.25, 0.3) is 5.69 Å². The van der Waals surface area contributed by atoms with E-state index in [-0.39, 0.29) is 21.6 Å². The molecule has 160 valence electrons. The number of carbonyl (C=O) groups is 1. The Morgan fingerprint density at radius 2 is 1.94 bits per heavy atom.